The number of rotatable bonds is 7. The van der Waals surface area contributed by atoms with Gasteiger partial charge in [-0.05, 0) is 45.8 Å². The van der Waals surface area contributed by atoms with Crippen molar-refractivity contribution in [1.29, 1.82) is 0 Å². The van der Waals surface area contributed by atoms with Crippen molar-refractivity contribution in [3.8, 4) is 0 Å². The van der Waals surface area contributed by atoms with Crippen LogP contribution in [-0.4, -0.2) is 54.7 Å². The molecule has 2 heterocycles. The average Bonchev–Trinajstić information content (AvgIpc) is 3.11. The largest absolute Gasteiger partial charge is 0.466 e. The Bertz CT molecular complexity index is 757. The molecule has 152 valence electrons. The third kappa shape index (κ3) is 4.58. The standard InChI is InChI=1S/C21H27FN2O4/c1-3-27-20(26)21(8-10-24(11-9-21)14-15(2)25)13-16-12-19(23-28-16)17-6-4-5-7-18(17)22/h4-7,16H,3,8-14H2,1-2H3. The minimum Gasteiger partial charge on any atom is -0.466 e. The van der Waals surface area contributed by atoms with Crippen LogP contribution in [0, 0.1) is 11.2 Å². The predicted molar refractivity (Wildman–Crippen MR) is 102 cm³/mol. The van der Waals surface area contributed by atoms with Gasteiger partial charge in [0.25, 0.3) is 0 Å². The molecule has 1 saturated heterocycles. The number of Topliss-reactive ketones (excluding diaryl/α,β-unsaturated/α-hetero) is 1. The van der Waals surface area contributed by atoms with Crippen LogP contribution in [0.5, 0.6) is 0 Å². The Morgan fingerprint density at radius 1 is 1.32 bits per heavy atom. The van der Waals surface area contributed by atoms with E-state index in [9.17, 15) is 14.0 Å². The van der Waals surface area contributed by atoms with Gasteiger partial charge in [0, 0.05) is 18.4 Å². The van der Waals surface area contributed by atoms with Crippen molar-refractivity contribution >= 4 is 17.5 Å². The number of nitrogens with zero attached hydrogens (tertiary/aromatic N) is 2. The Morgan fingerprint density at radius 3 is 2.68 bits per heavy atom. The zero-order chi connectivity index (χ0) is 20.1. The lowest BCUT2D eigenvalue weighted by atomic mass is 9.73. The number of piperidine rings is 1. The molecule has 0 aliphatic carbocycles. The van der Waals surface area contributed by atoms with Crippen LogP contribution in [0.25, 0.3) is 0 Å². The van der Waals surface area contributed by atoms with Gasteiger partial charge in [-0.25, -0.2) is 4.39 Å². The van der Waals surface area contributed by atoms with Gasteiger partial charge < -0.3 is 9.57 Å². The molecule has 0 spiro atoms. The number of hydrogen-bond donors (Lipinski definition) is 0. The molecule has 0 bridgehead atoms. The topological polar surface area (TPSA) is 68.2 Å². The van der Waals surface area contributed by atoms with Crippen molar-refractivity contribution < 1.29 is 23.6 Å². The third-order valence-electron chi connectivity index (χ3n) is 5.50. The maximum atomic E-state index is 14.0. The van der Waals surface area contributed by atoms with Crippen LogP contribution in [0.2, 0.25) is 0 Å². The lowest BCUT2D eigenvalue weighted by Gasteiger charge is -2.40. The fourth-order valence-electron chi connectivity index (χ4n) is 4.06. The normalized spacial score (nSPS) is 21.7. The molecule has 0 radical (unpaired) electrons. The summed E-state index contributed by atoms with van der Waals surface area (Å²) in [6.07, 6.45) is 1.85. The summed E-state index contributed by atoms with van der Waals surface area (Å²) < 4.78 is 19.4. The number of oxime groups is 1. The van der Waals surface area contributed by atoms with E-state index in [1.807, 2.05) is 0 Å². The van der Waals surface area contributed by atoms with Crippen molar-refractivity contribution in [1.82, 2.24) is 4.90 Å². The first-order valence-electron chi connectivity index (χ1n) is 9.80. The van der Waals surface area contributed by atoms with E-state index in [-0.39, 0.29) is 23.7 Å². The van der Waals surface area contributed by atoms with Crippen LogP contribution < -0.4 is 0 Å². The molecule has 6 nitrogen and oxygen atoms in total. The van der Waals surface area contributed by atoms with Gasteiger partial charge in [-0.15, -0.1) is 0 Å². The van der Waals surface area contributed by atoms with E-state index in [1.165, 1.54) is 6.07 Å². The van der Waals surface area contributed by atoms with Gasteiger partial charge in [0.1, 0.15) is 17.7 Å². The van der Waals surface area contributed by atoms with E-state index in [2.05, 4.69) is 10.1 Å². The summed E-state index contributed by atoms with van der Waals surface area (Å²) in [5, 5.41) is 4.07. The summed E-state index contributed by atoms with van der Waals surface area (Å²) in [4.78, 5) is 31.8. The summed E-state index contributed by atoms with van der Waals surface area (Å²) in [5.74, 6) is -0.436. The maximum Gasteiger partial charge on any atom is 0.312 e. The molecule has 0 amide bonds. The number of ketones is 1. The smallest absolute Gasteiger partial charge is 0.312 e. The van der Waals surface area contributed by atoms with Crippen LogP contribution in [0.15, 0.2) is 29.4 Å². The monoisotopic (exact) mass is 390 g/mol. The van der Waals surface area contributed by atoms with Crippen LogP contribution in [0.3, 0.4) is 0 Å². The van der Waals surface area contributed by atoms with Crippen LogP contribution in [0.1, 0.15) is 45.1 Å². The second-order valence-electron chi connectivity index (χ2n) is 7.63. The molecule has 0 saturated carbocycles. The zero-order valence-electron chi connectivity index (χ0n) is 16.4. The molecule has 1 unspecified atom stereocenters. The van der Waals surface area contributed by atoms with E-state index >= 15 is 0 Å². The fraction of sp³-hybridized carbons (Fsp3) is 0.571. The minimum atomic E-state index is -0.659. The molecule has 0 aromatic heterocycles. The van der Waals surface area contributed by atoms with Crippen molar-refractivity contribution in [3.63, 3.8) is 0 Å². The highest BCUT2D eigenvalue weighted by Gasteiger charge is 2.46. The van der Waals surface area contributed by atoms with E-state index in [4.69, 9.17) is 9.57 Å². The SMILES string of the molecule is CCOC(=O)C1(CC2CC(c3ccccc3F)=NO2)CCN(CC(C)=O)CC1. The first-order valence-corrected chi connectivity index (χ1v) is 9.80. The molecule has 1 fully saturated rings. The zero-order valence-corrected chi connectivity index (χ0v) is 16.4. The molecule has 1 atom stereocenters. The van der Waals surface area contributed by atoms with Gasteiger partial charge in [-0.3, -0.25) is 14.5 Å². The van der Waals surface area contributed by atoms with Crippen molar-refractivity contribution in [2.75, 3.05) is 26.2 Å². The van der Waals surface area contributed by atoms with Crippen LogP contribution in [-0.2, 0) is 19.2 Å². The Balaban J connectivity index is 1.67. The number of likely N-dealkylation sites (tertiary alicyclic amines) is 1. The second-order valence-corrected chi connectivity index (χ2v) is 7.63. The van der Waals surface area contributed by atoms with Gasteiger partial charge in [-0.2, -0.15) is 0 Å². The number of benzene rings is 1. The maximum absolute atomic E-state index is 14.0. The Kier molecular flexibility index (Phi) is 6.44. The Hall–Kier alpha value is -2.28. The number of ether oxygens (including phenoxy) is 1. The summed E-state index contributed by atoms with van der Waals surface area (Å²) >= 11 is 0. The quantitative estimate of drug-likeness (QED) is 0.670. The molecule has 2 aliphatic rings. The molecule has 3 rings (SSSR count). The molecule has 2 aliphatic heterocycles. The van der Waals surface area contributed by atoms with E-state index < -0.39 is 5.41 Å². The van der Waals surface area contributed by atoms with Crippen molar-refractivity contribution in [2.45, 2.75) is 45.6 Å². The first-order chi connectivity index (χ1) is 13.4. The fourth-order valence-corrected chi connectivity index (χ4v) is 4.06. The third-order valence-corrected chi connectivity index (χ3v) is 5.50. The molecule has 0 N–H and O–H groups in total. The molecular formula is C21H27FN2O4. The van der Waals surface area contributed by atoms with Gasteiger partial charge >= 0.3 is 5.97 Å². The summed E-state index contributed by atoms with van der Waals surface area (Å²) in [7, 11) is 0. The highest BCUT2D eigenvalue weighted by atomic mass is 19.1. The minimum absolute atomic E-state index is 0.116. The summed E-state index contributed by atoms with van der Waals surface area (Å²) in [6, 6.07) is 6.48. The number of esters is 1. The number of carbonyl (C=O) groups is 2. The van der Waals surface area contributed by atoms with Crippen LogP contribution >= 0.6 is 0 Å². The lowest BCUT2D eigenvalue weighted by molar-refractivity contribution is -0.161. The number of hydrogen-bond acceptors (Lipinski definition) is 6. The molecule has 1 aromatic rings. The lowest BCUT2D eigenvalue weighted by Crippen LogP contribution is -2.47. The van der Waals surface area contributed by atoms with Gasteiger partial charge in [0.2, 0.25) is 0 Å². The van der Waals surface area contributed by atoms with Crippen molar-refractivity contribution in [3.05, 3.63) is 35.6 Å². The first kappa shape index (κ1) is 20.5. The van der Waals surface area contributed by atoms with Gasteiger partial charge in [-0.1, -0.05) is 23.4 Å². The summed E-state index contributed by atoms with van der Waals surface area (Å²) in [5.41, 5.74) is 0.344. The van der Waals surface area contributed by atoms with E-state index in [0.29, 0.717) is 63.2 Å². The van der Waals surface area contributed by atoms with Gasteiger partial charge in [0.15, 0.2) is 0 Å². The molecule has 1 aromatic carbocycles. The van der Waals surface area contributed by atoms with Crippen LogP contribution in [0.4, 0.5) is 4.39 Å². The second kappa shape index (κ2) is 8.82. The Morgan fingerprint density at radius 2 is 2.04 bits per heavy atom. The molecule has 28 heavy (non-hydrogen) atoms. The highest BCUT2D eigenvalue weighted by molar-refractivity contribution is 6.01. The molecule has 7 heteroatoms. The van der Waals surface area contributed by atoms with Crippen molar-refractivity contribution in [2.24, 2.45) is 10.6 Å². The summed E-state index contributed by atoms with van der Waals surface area (Å²) in [6.45, 7) is 5.40. The van der Waals surface area contributed by atoms with E-state index in [0.717, 1.165) is 0 Å². The predicted octanol–water partition coefficient (Wildman–Crippen LogP) is 2.94. The average molecular weight is 390 g/mol. The van der Waals surface area contributed by atoms with Gasteiger partial charge in [0.05, 0.1) is 24.3 Å². The number of carbonyl (C=O) groups excluding carboxylic acids is 2. The van der Waals surface area contributed by atoms with E-state index in [1.54, 1.807) is 32.0 Å². The molecular weight excluding hydrogens is 363 g/mol. The highest BCUT2D eigenvalue weighted by Crippen LogP contribution is 2.40. The Labute approximate surface area is 164 Å². The number of halogens is 1.